The number of carbonyl (C=O) groups excluding carboxylic acids is 7. The number of nitrogens with zero attached hydrogens (tertiary/aromatic N) is 1. The molecule has 0 aliphatic heterocycles. The van der Waals surface area contributed by atoms with E-state index in [1.54, 1.807) is 67.8 Å². The van der Waals surface area contributed by atoms with E-state index >= 15 is 0 Å². The molecule has 1 aromatic carbocycles. The number of isocyanates is 1. The molecule has 0 heterocycles. The highest BCUT2D eigenvalue weighted by molar-refractivity contribution is 14.1. The molecule has 2 amide bonds. The van der Waals surface area contributed by atoms with Crippen LogP contribution in [-0.2, 0) is 42.9 Å². The van der Waals surface area contributed by atoms with Crippen LogP contribution in [0.3, 0.4) is 0 Å². The first-order valence-corrected chi connectivity index (χ1v) is 14.4. The molecule has 0 aliphatic rings. The Morgan fingerprint density at radius 3 is 1.20 bits per heavy atom. The van der Waals surface area contributed by atoms with Gasteiger partial charge in [0, 0.05) is 31.3 Å². The Balaban J connectivity index is 3.53. The molecule has 0 aromatic heterocycles. The van der Waals surface area contributed by atoms with E-state index in [1.165, 1.54) is 33.8 Å². The normalized spacial score (nSPS) is 10.3. The highest BCUT2D eigenvalue weighted by Crippen LogP contribution is 2.37. The number of nitrogens with one attached hydrogen (secondary N) is 2. The molecule has 0 atom stereocenters. The summed E-state index contributed by atoms with van der Waals surface area (Å²) >= 11 is 5.35. The van der Waals surface area contributed by atoms with Gasteiger partial charge in [-0.25, -0.2) is 4.79 Å². The maximum atomic E-state index is 13.4. The SMILES string of the molecule is CC(=O)OCC(COC(C)=O)NC(=O)c1c(I)c(N=C=O)c(I)c(C(=O)NC(COC(C)=O)COC(C)=O)c1I. The minimum Gasteiger partial charge on any atom is -0.464 e. The van der Waals surface area contributed by atoms with E-state index in [-0.39, 0.29) is 54.0 Å². The highest BCUT2D eigenvalue weighted by Gasteiger charge is 2.30. The molecule has 0 bridgehead atoms. The fourth-order valence-electron chi connectivity index (χ4n) is 2.84. The van der Waals surface area contributed by atoms with Crippen LogP contribution >= 0.6 is 67.8 Å². The van der Waals surface area contributed by atoms with Crippen molar-refractivity contribution < 1.29 is 52.5 Å². The Bertz CT molecular complexity index is 1120. The van der Waals surface area contributed by atoms with Gasteiger partial charge in [-0.05, 0) is 67.8 Å². The summed E-state index contributed by atoms with van der Waals surface area (Å²) in [5.74, 6) is -4.00. The van der Waals surface area contributed by atoms with Crippen molar-refractivity contribution in [3.8, 4) is 0 Å². The van der Waals surface area contributed by atoms with Gasteiger partial charge in [0.2, 0.25) is 6.08 Å². The third-order valence-electron chi connectivity index (χ3n) is 4.53. The van der Waals surface area contributed by atoms with Crippen LogP contribution in [0.5, 0.6) is 0 Å². The minimum atomic E-state index is -0.946. The van der Waals surface area contributed by atoms with Crippen LogP contribution in [0.15, 0.2) is 4.99 Å². The molecule has 2 N–H and O–H groups in total. The van der Waals surface area contributed by atoms with E-state index in [2.05, 4.69) is 15.6 Å². The number of benzene rings is 1. The Kier molecular flexibility index (Phi) is 15.5. The quantitative estimate of drug-likeness (QED) is 0.0967. The average Bonchev–Trinajstić information content (AvgIpc) is 2.84. The van der Waals surface area contributed by atoms with Crippen LogP contribution in [0.25, 0.3) is 0 Å². The van der Waals surface area contributed by atoms with Crippen molar-refractivity contribution in [2.24, 2.45) is 4.99 Å². The summed E-state index contributed by atoms with van der Waals surface area (Å²) in [4.78, 5) is 86.8. The second-order valence-corrected chi connectivity index (χ2v) is 11.0. The zero-order valence-electron chi connectivity index (χ0n) is 21.6. The molecule has 0 aliphatic carbocycles. The number of ether oxygens (including phenoxy) is 4. The van der Waals surface area contributed by atoms with Gasteiger partial charge in [-0.2, -0.15) is 4.99 Å². The van der Waals surface area contributed by atoms with E-state index in [1.807, 2.05) is 0 Å². The van der Waals surface area contributed by atoms with Crippen molar-refractivity contribution in [2.75, 3.05) is 26.4 Å². The molecule has 0 saturated heterocycles. The lowest BCUT2D eigenvalue weighted by molar-refractivity contribution is -0.146. The number of rotatable bonds is 13. The lowest BCUT2D eigenvalue weighted by atomic mass is 10.1. The van der Waals surface area contributed by atoms with Crippen LogP contribution in [0.2, 0.25) is 0 Å². The molecule has 14 nitrogen and oxygen atoms in total. The van der Waals surface area contributed by atoms with E-state index < -0.39 is 47.8 Å². The lowest BCUT2D eigenvalue weighted by Crippen LogP contribution is -2.44. The van der Waals surface area contributed by atoms with E-state index in [0.717, 1.165) is 0 Å². The van der Waals surface area contributed by atoms with Gasteiger partial charge >= 0.3 is 23.9 Å². The summed E-state index contributed by atoms with van der Waals surface area (Å²) in [6, 6.07) is -1.89. The summed E-state index contributed by atoms with van der Waals surface area (Å²) in [6.45, 7) is 3.42. The number of hydrogen-bond donors (Lipinski definition) is 2. The third-order valence-corrected chi connectivity index (χ3v) is 7.71. The van der Waals surface area contributed by atoms with Gasteiger partial charge in [-0.15, -0.1) is 0 Å². The summed E-state index contributed by atoms with van der Waals surface area (Å²) < 4.78 is 20.3. The smallest absolute Gasteiger partial charge is 0.302 e. The molecule has 0 fully saturated rings. The average molecular weight is 899 g/mol. The van der Waals surface area contributed by atoms with Crippen molar-refractivity contribution in [1.29, 1.82) is 0 Å². The van der Waals surface area contributed by atoms with Crippen molar-refractivity contribution in [3.63, 3.8) is 0 Å². The predicted octanol–water partition coefficient (Wildman–Crippen LogP) is 1.92. The molecule has 17 heteroatoms. The first-order chi connectivity index (χ1) is 18.7. The van der Waals surface area contributed by atoms with Gasteiger partial charge in [-0.3, -0.25) is 28.8 Å². The zero-order valence-corrected chi connectivity index (χ0v) is 28.0. The second kappa shape index (κ2) is 17.4. The van der Waals surface area contributed by atoms with Crippen LogP contribution in [0, 0.1) is 10.7 Å². The number of carbonyl (C=O) groups is 6. The Morgan fingerprint density at radius 1 is 0.650 bits per heavy atom. The maximum Gasteiger partial charge on any atom is 0.302 e. The molecule has 218 valence electrons. The number of halogens is 3. The van der Waals surface area contributed by atoms with Crippen molar-refractivity contribution in [3.05, 3.63) is 21.8 Å². The number of amides is 2. The first kappa shape index (κ1) is 35.6. The van der Waals surface area contributed by atoms with Gasteiger partial charge < -0.3 is 29.6 Å². The van der Waals surface area contributed by atoms with Gasteiger partial charge in [0.25, 0.3) is 11.8 Å². The van der Waals surface area contributed by atoms with Gasteiger partial charge in [-0.1, -0.05) is 0 Å². The second-order valence-electron chi connectivity index (χ2n) is 7.79. The number of aliphatic imine (C=N–C) groups is 1. The molecule has 0 spiro atoms. The first-order valence-electron chi connectivity index (χ1n) is 11.1. The number of hydrogen-bond acceptors (Lipinski definition) is 12. The highest BCUT2D eigenvalue weighted by atomic mass is 127. The van der Waals surface area contributed by atoms with E-state index in [9.17, 15) is 33.6 Å². The van der Waals surface area contributed by atoms with Crippen LogP contribution in [-0.4, -0.2) is 80.3 Å². The summed E-state index contributed by atoms with van der Waals surface area (Å²) in [5.41, 5.74) is -0.110. The lowest BCUT2D eigenvalue weighted by Gasteiger charge is -2.22. The van der Waals surface area contributed by atoms with Gasteiger partial charge in [0.15, 0.2) is 0 Å². The molecular formula is C23H24I3N3O11. The van der Waals surface area contributed by atoms with Gasteiger partial charge in [0.05, 0.1) is 30.4 Å². The molecule has 0 radical (unpaired) electrons. The minimum absolute atomic E-state index is 0.0139. The fraction of sp³-hybridized carbons (Fsp3) is 0.435. The summed E-state index contributed by atoms with van der Waals surface area (Å²) in [6.07, 6.45) is 1.40. The molecular weight excluding hydrogens is 875 g/mol. The Morgan fingerprint density at radius 2 is 0.950 bits per heavy atom. The molecule has 0 saturated carbocycles. The topological polar surface area (TPSA) is 193 Å². The molecule has 1 rings (SSSR count). The van der Waals surface area contributed by atoms with Crippen molar-refractivity contribution in [2.45, 2.75) is 39.8 Å². The predicted molar refractivity (Wildman–Crippen MR) is 161 cm³/mol. The number of esters is 4. The van der Waals surface area contributed by atoms with Crippen LogP contribution in [0.4, 0.5) is 5.69 Å². The summed E-state index contributed by atoms with van der Waals surface area (Å²) in [7, 11) is 0. The van der Waals surface area contributed by atoms with Crippen LogP contribution in [0.1, 0.15) is 48.4 Å². The fourth-order valence-corrected chi connectivity index (χ4v) is 7.23. The standard InChI is InChI=1S/C23H24I3N3O11/c1-10(31)37-5-14(6-38-11(2)32)28-22(35)16-18(24)17(20(26)21(19(16)25)27-9-30)23(36)29-15(7-39-12(3)33)8-40-13(4)34/h14-15H,5-8H2,1-4H3,(H,28,35)(H,29,36). The maximum absolute atomic E-state index is 13.4. The Labute approximate surface area is 269 Å². The summed E-state index contributed by atoms with van der Waals surface area (Å²) in [5, 5.41) is 5.19. The molecule has 40 heavy (non-hydrogen) atoms. The Hall–Kier alpha value is -2.39. The molecule has 0 unspecified atom stereocenters. The zero-order chi connectivity index (χ0) is 30.6. The van der Waals surface area contributed by atoms with Crippen molar-refractivity contribution >= 4 is 115 Å². The third kappa shape index (κ3) is 11.6. The monoisotopic (exact) mass is 899 g/mol. The van der Waals surface area contributed by atoms with E-state index in [4.69, 9.17) is 18.9 Å². The van der Waals surface area contributed by atoms with Crippen LogP contribution < -0.4 is 10.6 Å². The van der Waals surface area contributed by atoms with E-state index in [0.29, 0.717) is 0 Å². The van der Waals surface area contributed by atoms with Gasteiger partial charge in [0.1, 0.15) is 32.1 Å². The molecule has 1 aromatic rings. The largest absolute Gasteiger partial charge is 0.464 e. The van der Waals surface area contributed by atoms with Crippen molar-refractivity contribution in [1.82, 2.24) is 10.6 Å².